The summed E-state index contributed by atoms with van der Waals surface area (Å²) in [6.07, 6.45) is 2.14. The second-order valence-electron chi connectivity index (χ2n) is 2.83. The molecule has 5 heteroatoms. The van der Waals surface area contributed by atoms with Crippen LogP contribution < -0.4 is 10.5 Å². The Labute approximate surface area is 82.1 Å². The highest BCUT2D eigenvalue weighted by molar-refractivity contribution is 6.31. The Hall–Kier alpha value is -0.870. The predicted molar refractivity (Wildman–Crippen MR) is 50.9 cm³/mol. The fourth-order valence-corrected chi connectivity index (χ4v) is 1.10. The molecule has 72 valence electrons. The first-order chi connectivity index (χ1) is 6.13. The van der Waals surface area contributed by atoms with Crippen LogP contribution in [0.2, 0.25) is 5.02 Å². The highest BCUT2D eigenvalue weighted by Crippen LogP contribution is 2.15. The maximum atomic E-state index is 5.86. The van der Waals surface area contributed by atoms with Gasteiger partial charge in [-0.15, -0.1) is 0 Å². The van der Waals surface area contributed by atoms with Crippen molar-refractivity contribution in [2.45, 2.75) is 19.4 Å². The molecule has 13 heavy (non-hydrogen) atoms. The molecule has 0 aliphatic rings. The fourth-order valence-electron chi connectivity index (χ4n) is 0.931. The quantitative estimate of drug-likeness (QED) is 0.794. The first-order valence-electron chi connectivity index (χ1n) is 3.94. The van der Waals surface area contributed by atoms with Gasteiger partial charge in [-0.3, -0.25) is 0 Å². The van der Waals surface area contributed by atoms with Gasteiger partial charge in [0.2, 0.25) is 0 Å². The molecule has 0 saturated carbocycles. The zero-order valence-electron chi connectivity index (χ0n) is 7.62. The normalized spacial score (nSPS) is 12.6. The van der Waals surface area contributed by atoms with Gasteiger partial charge in [-0.2, -0.15) is 4.98 Å². The Bertz CT molecular complexity index is 291. The van der Waals surface area contributed by atoms with E-state index in [4.69, 9.17) is 22.1 Å². The number of ether oxygens (including phenoxy) is 1. The lowest BCUT2D eigenvalue weighted by molar-refractivity contribution is 0.377. The van der Waals surface area contributed by atoms with E-state index in [-0.39, 0.29) is 6.04 Å². The molecule has 0 aromatic carbocycles. The van der Waals surface area contributed by atoms with Gasteiger partial charge in [0.15, 0.2) is 0 Å². The van der Waals surface area contributed by atoms with Gasteiger partial charge in [0.1, 0.15) is 0 Å². The Morgan fingerprint density at radius 2 is 2.38 bits per heavy atom. The van der Waals surface area contributed by atoms with Crippen LogP contribution in [0.3, 0.4) is 0 Å². The number of hydrogen-bond acceptors (Lipinski definition) is 4. The summed E-state index contributed by atoms with van der Waals surface area (Å²) >= 11 is 5.86. The van der Waals surface area contributed by atoms with E-state index in [1.54, 1.807) is 0 Å². The molecule has 1 aromatic heterocycles. The van der Waals surface area contributed by atoms with Gasteiger partial charge in [-0.25, -0.2) is 4.98 Å². The SMILES string of the molecule is COc1ncc(Cl)c(CC(C)N)n1. The van der Waals surface area contributed by atoms with Gasteiger partial charge in [-0.05, 0) is 6.92 Å². The average Bonchev–Trinajstić information content (AvgIpc) is 2.08. The third-order valence-electron chi connectivity index (χ3n) is 1.49. The van der Waals surface area contributed by atoms with Crippen molar-refractivity contribution in [1.82, 2.24) is 9.97 Å². The van der Waals surface area contributed by atoms with Crippen LogP contribution in [0.25, 0.3) is 0 Å². The Morgan fingerprint density at radius 1 is 1.69 bits per heavy atom. The summed E-state index contributed by atoms with van der Waals surface area (Å²) in [6, 6.07) is 0.345. The van der Waals surface area contributed by atoms with E-state index in [0.29, 0.717) is 17.5 Å². The topological polar surface area (TPSA) is 61.0 Å². The smallest absolute Gasteiger partial charge is 0.316 e. The summed E-state index contributed by atoms with van der Waals surface area (Å²) in [5.74, 6) is 0. The van der Waals surface area contributed by atoms with Crippen LogP contribution in [0.1, 0.15) is 12.6 Å². The third kappa shape index (κ3) is 2.82. The van der Waals surface area contributed by atoms with E-state index in [1.165, 1.54) is 13.3 Å². The Balaban J connectivity index is 2.90. The van der Waals surface area contributed by atoms with Gasteiger partial charge < -0.3 is 10.5 Å². The van der Waals surface area contributed by atoms with Crippen LogP contribution in [0.5, 0.6) is 6.01 Å². The van der Waals surface area contributed by atoms with Crippen molar-refractivity contribution < 1.29 is 4.74 Å². The Kier molecular flexibility index (Phi) is 3.45. The van der Waals surface area contributed by atoms with Crippen molar-refractivity contribution in [3.05, 3.63) is 16.9 Å². The van der Waals surface area contributed by atoms with Crippen molar-refractivity contribution in [1.29, 1.82) is 0 Å². The van der Waals surface area contributed by atoms with E-state index in [9.17, 15) is 0 Å². The van der Waals surface area contributed by atoms with E-state index < -0.39 is 0 Å². The molecule has 0 spiro atoms. The minimum Gasteiger partial charge on any atom is -0.467 e. The van der Waals surface area contributed by atoms with Crippen molar-refractivity contribution >= 4 is 11.6 Å². The number of hydrogen-bond donors (Lipinski definition) is 1. The lowest BCUT2D eigenvalue weighted by Crippen LogP contribution is -2.19. The van der Waals surface area contributed by atoms with Gasteiger partial charge in [0, 0.05) is 12.5 Å². The number of halogens is 1. The molecule has 0 bridgehead atoms. The molecule has 2 N–H and O–H groups in total. The largest absolute Gasteiger partial charge is 0.467 e. The van der Waals surface area contributed by atoms with Gasteiger partial charge >= 0.3 is 6.01 Å². The lowest BCUT2D eigenvalue weighted by atomic mass is 10.2. The standard InChI is InChI=1S/C8H12ClN3O/c1-5(10)3-7-6(9)4-11-8(12-7)13-2/h4-5H,3,10H2,1-2H3. The first-order valence-corrected chi connectivity index (χ1v) is 4.32. The van der Waals surface area contributed by atoms with Crippen LogP contribution in [0.4, 0.5) is 0 Å². The molecule has 0 aliphatic carbocycles. The molecule has 0 fully saturated rings. The maximum Gasteiger partial charge on any atom is 0.316 e. The van der Waals surface area contributed by atoms with Crippen molar-refractivity contribution in [3.8, 4) is 6.01 Å². The summed E-state index contributed by atoms with van der Waals surface area (Å²) in [5.41, 5.74) is 6.35. The van der Waals surface area contributed by atoms with E-state index in [0.717, 1.165) is 5.69 Å². The molecule has 0 amide bonds. The summed E-state index contributed by atoms with van der Waals surface area (Å²) in [4.78, 5) is 7.94. The van der Waals surface area contributed by atoms with Crippen molar-refractivity contribution in [2.75, 3.05) is 7.11 Å². The average molecular weight is 202 g/mol. The summed E-state index contributed by atoms with van der Waals surface area (Å²) in [7, 11) is 1.51. The first kappa shape index (κ1) is 10.2. The minimum absolute atomic E-state index is 0.0251. The second kappa shape index (κ2) is 4.39. The molecule has 0 radical (unpaired) electrons. The number of rotatable bonds is 3. The van der Waals surface area contributed by atoms with Crippen LogP contribution in [-0.4, -0.2) is 23.1 Å². The second-order valence-corrected chi connectivity index (χ2v) is 3.24. The Morgan fingerprint density at radius 3 is 2.92 bits per heavy atom. The molecule has 1 atom stereocenters. The van der Waals surface area contributed by atoms with Crippen LogP contribution in [-0.2, 0) is 6.42 Å². The van der Waals surface area contributed by atoms with E-state index in [1.807, 2.05) is 6.92 Å². The third-order valence-corrected chi connectivity index (χ3v) is 1.81. The molecule has 1 heterocycles. The van der Waals surface area contributed by atoms with Crippen LogP contribution >= 0.6 is 11.6 Å². The molecule has 0 saturated heterocycles. The molecule has 1 aromatic rings. The number of nitrogens with two attached hydrogens (primary N) is 1. The van der Waals surface area contributed by atoms with Gasteiger partial charge in [-0.1, -0.05) is 11.6 Å². The summed E-state index contributed by atoms with van der Waals surface area (Å²) < 4.78 is 4.87. The molecule has 4 nitrogen and oxygen atoms in total. The van der Waals surface area contributed by atoms with Crippen molar-refractivity contribution in [3.63, 3.8) is 0 Å². The van der Waals surface area contributed by atoms with Crippen LogP contribution in [0.15, 0.2) is 6.20 Å². The highest BCUT2D eigenvalue weighted by Gasteiger charge is 2.07. The number of methoxy groups -OCH3 is 1. The maximum absolute atomic E-state index is 5.86. The molecule has 1 rings (SSSR count). The zero-order valence-corrected chi connectivity index (χ0v) is 8.38. The minimum atomic E-state index is 0.0251. The molecular weight excluding hydrogens is 190 g/mol. The monoisotopic (exact) mass is 201 g/mol. The van der Waals surface area contributed by atoms with Gasteiger partial charge in [0.05, 0.1) is 24.0 Å². The highest BCUT2D eigenvalue weighted by atomic mass is 35.5. The zero-order chi connectivity index (χ0) is 9.84. The van der Waals surface area contributed by atoms with E-state index >= 15 is 0 Å². The van der Waals surface area contributed by atoms with E-state index in [2.05, 4.69) is 9.97 Å². The molecule has 0 aliphatic heterocycles. The molecule has 1 unspecified atom stereocenters. The van der Waals surface area contributed by atoms with Crippen LogP contribution in [0, 0.1) is 0 Å². The summed E-state index contributed by atoms with van der Waals surface area (Å²) in [6.45, 7) is 1.89. The number of nitrogens with zero attached hydrogens (tertiary/aromatic N) is 2. The predicted octanol–water partition coefficient (Wildman–Crippen LogP) is 1.03. The molecular formula is C8H12ClN3O. The lowest BCUT2D eigenvalue weighted by Gasteiger charge is -2.06. The van der Waals surface area contributed by atoms with Gasteiger partial charge in [0.25, 0.3) is 0 Å². The van der Waals surface area contributed by atoms with Crippen molar-refractivity contribution in [2.24, 2.45) is 5.73 Å². The number of aromatic nitrogens is 2. The summed E-state index contributed by atoms with van der Waals surface area (Å²) in [5, 5.41) is 0.526. The fraction of sp³-hybridized carbons (Fsp3) is 0.500.